The summed E-state index contributed by atoms with van der Waals surface area (Å²) in [6, 6.07) is 0. The minimum absolute atomic E-state index is 0.429. The number of rotatable bonds is 7. The molecule has 18 heavy (non-hydrogen) atoms. The molecule has 0 aromatic carbocycles. The number of carbonyl (C=O) groups is 2. The van der Waals surface area contributed by atoms with Crippen LogP contribution in [0, 0.1) is 0 Å². The van der Waals surface area contributed by atoms with E-state index in [1.807, 2.05) is 0 Å². The summed E-state index contributed by atoms with van der Waals surface area (Å²) in [4.78, 5) is 22.6. The smallest absolute Gasteiger partial charge is 0.270 e. The first kappa shape index (κ1) is 15.9. The van der Waals surface area contributed by atoms with Crippen molar-refractivity contribution in [3.8, 4) is 0 Å². The number of hydrogen-bond acceptors (Lipinski definition) is 6. The number of aliphatic hydroxyl groups excluding tert-OH is 2. The second-order valence-corrected chi connectivity index (χ2v) is 3.68. The van der Waals surface area contributed by atoms with E-state index < -0.39 is 24.0 Å². The van der Waals surface area contributed by atoms with Gasteiger partial charge in [-0.05, 0) is 13.8 Å². The van der Waals surface area contributed by atoms with Gasteiger partial charge in [0.25, 0.3) is 11.8 Å². The average molecular weight is 258 g/mol. The van der Waals surface area contributed by atoms with E-state index in [1.54, 1.807) is 13.8 Å². The van der Waals surface area contributed by atoms with Crippen molar-refractivity contribution in [2.45, 2.75) is 26.1 Å². The summed E-state index contributed by atoms with van der Waals surface area (Å²) in [5.41, 5.74) is 9.68. The van der Waals surface area contributed by atoms with Gasteiger partial charge in [0.15, 0.2) is 12.2 Å². The Morgan fingerprint density at radius 1 is 0.833 bits per heavy atom. The number of nitrogens with one attached hydrogen (secondary N) is 4. The second kappa shape index (κ2) is 7.30. The molecule has 0 spiro atoms. The second-order valence-electron chi connectivity index (χ2n) is 3.68. The average Bonchev–Trinajstić information content (AvgIpc) is 2.30. The van der Waals surface area contributed by atoms with Crippen molar-refractivity contribution in [1.29, 1.82) is 0 Å². The predicted molar refractivity (Wildman–Crippen MR) is 64.2 cm³/mol. The molecule has 0 aromatic rings. The van der Waals surface area contributed by atoms with Crippen LogP contribution < -0.4 is 21.7 Å². The largest absolute Gasteiger partial charge is 0.380 e. The highest BCUT2D eigenvalue weighted by molar-refractivity contribution is 5.90. The summed E-state index contributed by atoms with van der Waals surface area (Å²) >= 11 is 0. The van der Waals surface area contributed by atoms with Crippen LogP contribution in [-0.4, -0.2) is 34.2 Å². The van der Waals surface area contributed by atoms with Gasteiger partial charge in [-0.3, -0.25) is 20.4 Å². The number of hydrazine groups is 2. The highest BCUT2D eigenvalue weighted by Crippen LogP contribution is 1.94. The first-order valence-corrected chi connectivity index (χ1v) is 5.04. The minimum atomic E-state index is -1.91. The van der Waals surface area contributed by atoms with Crippen molar-refractivity contribution in [3.63, 3.8) is 0 Å². The fourth-order valence-electron chi connectivity index (χ4n) is 0.771. The Hall–Kier alpha value is -2.06. The highest BCUT2D eigenvalue weighted by atomic mass is 16.3. The molecule has 2 amide bonds. The number of carbonyl (C=O) groups excluding carboxylic acids is 2. The molecular weight excluding hydrogens is 240 g/mol. The molecule has 0 fully saturated rings. The SMILES string of the molecule is C=C(C)NNC(=O)[C@@H](O)[C@H](O)C(=O)NNC(=C)C. The summed E-state index contributed by atoms with van der Waals surface area (Å²) in [7, 11) is 0. The third-order valence-corrected chi connectivity index (χ3v) is 1.63. The predicted octanol–water partition coefficient (Wildman–Crippen LogP) is -1.98. The van der Waals surface area contributed by atoms with Gasteiger partial charge >= 0.3 is 0 Å². The molecule has 0 bridgehead atoms. The molecule has 0 aliphatic heterocycles. The zero-order chi connectivity index (χ0) is 14.3. The van der Waals surface area contributed by atoms with Crippen molar-refractivity contribution < 1.29 is 19.8 Å². The molecule has 2 atom stereocenters. The zero-order valence-corrected chi connectivity index (χ0v) is 10.3. The Balaban J connectivity index is 4.26. The van der Waals surface area contributed by atoms with Crippen LogP contribution in [0.5, 0.6) is 0 Å². The maximum absolute atomic E-state index is 11.3. The van der Waals surface area contributed by atoms with Crippen molar-refractivity contribution in [2.24, 2.45) is 0 Å². The van der Waals surface area contributed by atoms with Gasteiger partial charge in [0, 0.05) is 11.4 Å². The minimum Gasteiger partial charge on any atom is -0.380 e. The van der Waals surface area contributed by atoms with E-state index in [0.29, 0.717) is 11.4 Å². The third-order valence-electron chi connectivity index (χ3n) is 1.63. The van der Waals surface area contributed by atoms with E-state index in [2.05, 4.69) is 34.9 Å². The topological polar surface area (TPSA) is 123 Å². The zero-order valence-electron chi connectivity index (χ0n) is 10.3. The fraction of sp³-hybridized carbons (Fsp3) is 0.400. The summed E-state index contributed by atoms with van der Waals surface area (Å²) in [6.45, 7) is 10.0. The van der Waals surface area contributed by atoms with Crippen LogP contribution in [0.2, 0.25) is 0 Å². The van der Waals surface area contributed by atoms with Crippen molar-refractivity contribution in [1.82, 2.24) is 21.7 Å². The molecule has 0 heterocycles. The maximum Gasteiger partial charge on any atom is 0.270 e. The van der Waals surface area contributed by atoms with E-state index in [9.17, 15) is 19.8 Å². The lowest BCUT2D eigenvalue weighted by atomic mass is 10.2. The number of amides is 2. The van der Waals surface area contributed by atoms with Crippen LogP contribution in [0.25, 0.3) is 0 Å². The normalized spacial score (nSPS) is 12.9. The monoisotopic (exact) mass is 258 g/mol. The summed E-state index contributed by atoms with van der Waals surface area (Å²) < 4.78 is 0. The van der Waals surface area contributed by atoms with E-state index in [0.717, 1.165) is 0 Å². The van der Waals surface area contributed by atoms with Gasteiger partial charge in [0.1, 0.15) is 0 Å². The highest BCUT2D eigenvalue weighted by Gasteiger charge is 2.30. The van der Waals surface area contributed by atoms with E-state index in [-0.39, 0.29) is 0 Å². The lowest BCUT2D eigenvalue weighted by Crippen LogP contribution is -2.53. The Labute approximate surface area is 105 Å². The van der Waals surface area contributed by atoms with Gasteiger partial charge < -0.3 is 21.1 Å². The van der Waals surface area contributed by atoms with E-state index >= 15 is 0 Å². The summed E-state index contributed by atoms with van der Waals surface area (Å²) in [5, 5.41) is 18.8. The molecule has 0 saturated heterocycles. The molecular formula is C10H18N4O4. The van der Waals surface area contributed by atoms with Gasteiger partial charge in [0.2, 0.25) is 0 Å². The van der Waals surface area contributed by atoms with E-state index in [4.69, 9.17) is 0 Å². The molecule has 8 heteroatoms. The van der Waals surface area contributed by atoms with Crippen LogP contribution in [-0.2, 0) is 9.59 Å². The molecule has 6 N–H and O–H groups in total. The van der Waals surface area contributed by atoms with Crippen LogP contribution >= 0.6 is 0 Å². The number of aliphatic hydroxyl groups is 2. The lowest BCUT2D eigenvalue weighted by molar-refractivity contribution is -0.146. The maximum atomic E-state index is 11.3. The van der Waals surface area contributed by atoms with Crippen LogP contribution in [0.3, 0.4) is 0 Å². The van der Waals surface area contributed by atoms with Gasteiger partial charge in [-0.25, -0.2) is 0 Å². The standard InChI is InChI=1S/C10H18N4O4/c1-5(2)11-13-9(17)7(15)8(16)10(18)14-12-6(3)4/h7-8,11-12,15-16H,1,3H2,2,4H3,(H,13,17)(H,14,18)/t7-,8-/m0/s1. The molecule has 0 radical (unpaired) electrons. The van der Waals surface area contributed by atoms with E-state index in [1.165, 1.54) is 0 Å². The first-order valence-electron chi connectivity index (χ1n) is 5.04. The number of hydrogen-bond donors (Lipinski definition) is 6. The Bertz CT molecular complexity index is 322. The summed E-state index contributed by atoms with van der Waals surface area (Å²) in [6.07, 6.45) is -3.83. The molecule has 0 rings (SSSR count). The molecule has 0 saturated carbocycles. The van der Waals surface area contributed by atoms with Gasteiger partial charge in [-0.15, -0.1) is 0 Å². The first-order chi connectivity index (χ1) is 8.25. The molecule has 0 aromatic heterocycles. The Morgan fingerprint density at radius 2 is 1.11 bits per heavy atom. The lowest BCUT2D eigenvalue weighted by Gasteiger charge is -2.18. The van der Waals surface area contributed by atoms with Crippen molar-refractivity contribution >= 4 is 11.8 Å². The Morgan fingerprint density at radius 3 is 1.33 bits per heavy atom. The van der Waals surface area contributed by atoms with Crippen molar-refractivity contribution in [2.75, 3.05) is 0 Å². The van der Waals surface area contributed by atoms with Gasteiger partial charge in [0.05, 0.1) is 0 Å². The van der Waals surface area contributed by atoms with Crippen LogP contribution in [0.15, 0.2) is 24.6 Å². The quantitative estimate of drug-likeness (QED) is 0.294. The fourth-order valence-corrected chi connectivity index (χ4v) is 0.771. The molecule has 0 aliphatic carbocycles. The molecule has 102 valence electrons. The van der Waals surface area contributed by atoms with Crippen LogP contribution in [0.1, 0.15) is 13.8 Å². The van der Waals surface area contributed by atoms with Gasteiger partial charge in [-0.2, -0.15) is 0 Å². The summed E-state index contributed by atoms with van der Waals surface area (Å²) in [5.74, 6) is -1.92. The van der Waals surface area contributed by atoms with Gasteiger partial charge in [-0.1, -0.05) is 13.2 Å². The van der Waals surface area contributed by atoms with Crippen molar-refractivity contribution in [3.05, 3.63) is 24.6 Å². The number of allylic oxidation sites excluding steroid dienone is 2. The molecule has 0 aliphatic rings. The third kappa shape index (κ3) is 5.87. The molecule has 8 nitrogen and oxygen atoms in total. The Kier molecular flexibility index (Phi) is 6.47. The molecule has 0 unspecified atom stereocenters. The van der Waals surface area contributed by atoms with Crippen LogP contribution in [0.4, 0.5) is 0 Å².